The number of hydrogen-bond donors (Lipinski definition) is 0. The van der Waals surface area contributed by atoms with Gasteiger partial charge in [-0.05, 0) is 55.3 Å². The zero-order valence-corrected chi connectivity index (χ0v) is 23.2. The van der Waals surface area contributed by atoms with E-state index in [0.717, 1.165) is 16.8 Å². The Balaban J connectivity index is 1.86. The van der Waals surface area contributed by atoms with Crippen LogP contribution in [0.15, 0.2) is 77.7 Å². The molecular formula is C27H26Cl3N3O2S. The Morgan fingerprint density at radius 3 is 2.17 bits per heavy atom. The molecule has 0 N–H and O–H groups in total. The number of halogens is 3. The van der Waals surface area contributed by atoms with Gasteiger partial charge in [-0.1, -0.05) is 79.0 Å². The molecule has 0 aliphatic carbocycles. The van der Waals surface area contributed by atoms with Crippen molar-refractivity contribution in [1.82, 2.24) is 14.1 Å². The lowest BCUT2D eigenvalue weighted by molar-refractivity contribution is 0.357. The largest absolute Gasteiger partial charge is 0.243 e. The van der Waals surface area contributed by atoms with Gasteiger partial charge in [-0.15, -0.1) is 0 Å². The van der Waals surface area contributed by atoms with Crippen LogP contribution >= 0.6 is 34.8 Å². The quantitative estimate of drug-likeness (QED) is 0.222. The molecule has 0 aliphatic heterocycles. The van der Waals surface area contributed by atoms with Crippen molar-refractivity contribution >= 4 is 44.8 Å². The highest BCUT2D eigenvalue weighted by atomic mass is 35.5. The first-order chi connectivity index (χ1) is 17.1. The molecule has 0 saturated heterocycles. The number of sulfonamides is 1. The fraction of sp³-hybridized carbons (Fsp3) is 0.222. The summed E-state index contributed by atoms with van der Waals surface area (Å²) in [6.45, 7) is 6.38. The van der Waals surface area contributed by atoms with Crippen LogP contribution < -0.4 is 0 Å². The highest BCUT2D eigenvalue weighted by Gasteiger charge is 2.28. The molecule has 188 valence electrons. The van der Waals surface area contributed by atoms with E-state index in [1.54, 1.807) is 53.2 Å². The minimum Gasteiger partial charge on any atom is -0.231 e. The Morgan fingerprint density at radius 1 is 0.917 bits per heavy atom. The second-order valence-electron chi connectivity index (χ2n) is 8.94. The summed E-state index contributed by atoms with van der Waals surface area (Å²) in [5.41, 5.74) is 3.80. The van der Waals surface area contributed by atoms with E-state index in [4.69, 9.17) is 39.9 Å². The van der Waals surface area contributed by atoms with E-state index in [0.29, 0.717) is 33.0 Å². The molecule has 0 radical (unpaired) electrons. The Morgan fingerprint density at radius 2 is 1.56 bits per heavy atom. The summed E-state index contributed by atoms with van der Waals surface area (Å²) in [7, 11) is -3.74. The Labute approximate surface area is 227 Å². The third-order valence-electron chi connectivity index (χ3n) is 5.75. The maximum atomic E-state index is 13.6. The fourth-order valence-corrected chi connectivity index (χ4v) is 6.23. The molecule has 0 aliphatic rings. The molecule has 0 fully saturated rings. The summed E-state index contributed by atoms with van der Waals surface area (Å²) in [6.07, 6.45) is 0. The molecule has 0 saturated carbocycles. The Hall–Kier alpha value is -2.35. The maximum Gasteiger partial charge on any atom is 0.243 e. The number of aromatic nitrogens is 2. The number of rotatable bonds is 8. The van der Waals surface area contributed by atoms with Crippen LogP contribution in [0.4, 0.5) is 0 Å². The van der Waals surface area contributed by atoms with Gasteiger partial charge in [-0.2, -0.15) is 9.40 Å². The van der Waals surface area contributed by atoms with Gasteiger partial charge < -0.3 is 0 Å². The van der Waals surface area contributed by atoms with E-state index in [-0.39, 0.29) is 17.4 Å². The van der Waals surface area contributed by atoms with Crippen molar-refractivity contribution in [3.63, 3.8) is 0 Å². The third-order valence-corrected chi connectivity index (χ3v) is 8.37. The van der Waals surface area contributed by atoms with Gasteiger partial charge in [0.15, 0.2) is 0 Å². The van der Waals surface area contributed by atoms with Gasteiger partial charge in [-0.3, -0.25) is 0 Å². The first-order valence-electron chi connectivity index (χ1n) is 11.4. The number of hydrogen-bond acceptors (Lipinski definition) is 3. The number of benzene rings is 3. The summed E-state index contributed by atoms with van der Waals surface area (Å²) in [5, 5.41) is 6.43. The van der Waals surface area contributed by atoms with Crippen LogP contribution in [0, 0.1) is 12.8 Å². The zero-order chi connectivity index (χ0) is 26.0. The predicted octanol–water partition coefficient (Wildman–Crippen LogP) is 7.65. The van der Waals surface area contributed by atoms with Crippen LogP contribution in [0.1, 0.15) is 25.1 Å². The summed E-state index contributed by atoms with van der Waals surface area (Å²) in [5.74, 6) is 0.118. The minimum atomic E-state index is -3.74. The van der Waals surface area contributed by atoms with Gasteiger partial charge in [0.2, 0.25) is 10.0 Å². The molecular weight excluding hydrogens is 537 g/mol. The SMILES string of the molecule is Cc1c(CN(CC(C)C)S(=O)(=O)c2ccccc2)nn(-c2ccc(Cl)cc2Cl)c1-c1ccc(Cl)cc1. The molecule has 0 unspecified atom stereocenters. The zero-order valence-electron chi connectivity index (χ0n) is 20.1. The topological polar surface area (TPSA) is 55.2 Å². The average molecular weight is 563 g/mol. The number of nitrogens with zero attached hydrogens (tertiary/aromatic N) is 3. The third kappa shape index (κ3) is 5.63. The molecule has 0 atom stereocenters. The van der Waals surface area contributed by atoms with Crippen molar-refractivity contribution in [1.29, 1.82) is 0 Å². The first-order valence-corrected chi connectivity index (χ1v) is 14.0. The second kappa shape index (κ2) is 11.0. The maximum absolute atomic E-state index is 13.6. The second-order valence-corrected chi connectivity index (χ2v) is 12.2. The fourth-order valence-electron chi connectivity index (χ4n) is 4.03. The molecule has 0 amide bonds. The van der Waals surface area contributed by atoms with Gasteiger partial charge >= 0.3 is 0 Å². The highest BCUT2D eigenvalue weighted by molar-refractivity contribution is 7.89. The van der Waals surface area contributed by atoms with Crippen molar-refractivity contribution in [2.75, 3.05) is 6.54 Å². The van der Waals surface area contributed by atoms with Crippen LogP contribution in [-0.2, 0) is 16.6 Å². The normalized spacial score (nSPS) is 12.0. The van der Waals surface area contributed by atoms with Crippen LogP contribution in [-0.4, -0.2) is 29.0 Å². The van der Waals surface area contributed by atoms with Gasteiger partial charge in [0.05, 0.1) is 33.5 Å². The van der Waals surface area contributed by atoms with E-state index in [2.05, 4.69) is 0 Å². The smallest absolute Gasteiger partial charge is 0.231 e. The van der Waals surface area contributed by atoms with Crippen LogP contribution in [0.3, 0.4) is 0 Å². The molecule has 36 heavy (non-hydrogen) atoms. The standard InChI is InChI=1S/C27H26Cl3N3O2S/c1-18(2)16-32(36(34,35)23-7-5-4-6-8-23)17-25-19(3)27(20-9-11-21(28)12-10-20)33(31-25)26-14-13-22(29)15-24(26)30/h4-15,18H,16-17H2,1-3H3. The monoisotopic (exact) mass is 561 g/mol. The first kappa shape index (κ1) is 26.7. The molecule has 4 aromatic rings. The summed E-state index contributed by atoms with van der Waals surface area (Å²) in [6, 6.07) is 21.1. The van der Waals surface area contributed by atoms with Crippen molar-refractivity contribution in [2.45, 2.75) is 32.2 Å². The van der Waals surface area contributed by atoms with Crippen molar-refractivity contribution in [2.24, 2.45) is 5.92 Å². The minimum absolute atomic E-state index is 0.111. The lowest BCUT2D eigenvalue weighted by Crippen LogP contribution is -2.34. The summed E-state index contributed by atoms with van der Waals surface area (Å²) < 4.78 is 30.4. The van der Waals surface area contributed by atoms with E-state index in [1.165, 1.54) is 4.31 Å². The van der Waals surface area contributed by atoms with Gasteiger partial charge in [-0.25, -0.2) is 13.1 Å². The van der Waals surface area contributed by atoms with Crippen LogP contribution in [0.25, 0.3) is 16.9 Å². The van der Waals surface area contributed by atoms with Crippen LogP contribution in [0.2, 0.25) is 15.1 Å². The average Bonchev–Trinajstić information content (AvgIpc) is 3.15. The molecule has 0 spiro atoms. The van der Waals surface area contributed by atoms with Crippen molar-refractivity contribution in [3.8, 4) is 16.9 Å². The summed E-state index contributed by atoms with van der Waals surface area (Å²) >= 11 is 18.8. The molecule has 3 aromatic carbocycles. The molecule has 4 rings (SSSR count). The molecule has 9 heteroatoms. The van der Waals surface area contributed by atoms with Crippen LogP contribution in [0.5, 0.6) is 0 Å². The molecule has 0 bridgehead atoms. The van der Waals surface area contributed by atoms with Gasteiger partial charge in [0.1, 0.15) is 0 Å². The Bertz CT molecular complexity index is 1470. The lowest BCUT2D eigenvalue weighted by atomic mass is 10.1. The highest BCUT2D eigenvalue weighted by Crippen LogP contribution is 2.34. The van der Waals surface area contributed by atoms with E-state index in [9.17, 15) is 8.42 Å². The predicted molar refractivity (Wildman–Crippen MR) is 148 cm³/mol. The van der Waals surface area contributed by atoms with E-state index in [1.807, 2.05) is 45.0 Å². The lowest BCUT2D eigenvalue weighted by Gasteiger charge is -2.23. The van der Waals surface area contributed by atoms with Crippen molar-refractivity contribution < 1.29 is 8.42 Å². The van der Waals surface area contributed by atoms with Gasteiger partial charge in [0, 0.05) is 27.7 Å². The van der Waals surface area contributed by atoms with Crippen molar-refractivity contribution in [3.05, 3.63) is 99.1 Å². The molecule has 1 heterocycles. The van der Waals surface area contributed by atoms with E-state index < -0.39 is 10.0 Å². The molecule has 1 aromatic heterocycles. The van der Waals surface area contributed by atoms with Gasteiger partial charge in [0.25, 0.3) is 0 Å². The van der Waals surface area contributed by atoms with E-state index >= 15 is 0 Å². The Kier molecular flexibility index (Phi) is 8.12. The summed E-state index contributed by atoms with van der Waals surface area (Å²) in [4.78, 5) is 0.251. The molecule has 5 nitrogen and oxygen atoms in total.